The number of hydrogen-bond acceptors (Lipinski definition) is 5. The fourth-order valence-electron chi connectivity index (χ4n) is 2.91. The van der Waals surface area contributed by atoms with Crippen molar-refractivity contribution in [1.82, 2.24) is 0 Å². The van der Waals surface area contributed by atoms with E-state index in [0.29, 0.717) is 28.6 Å². The zero-order valence-corrected chi connectivity index (χ0v) is 18.4. The molecular formula is C20H21ClN2O4S2. The molecule has 3 rings (SSSR count). The summed E-state index contributed by atoms with van der Waals surface area (Å²) in [6.45, 7) is 3.33. The molecule has 0 fully saturated rings. The number of amides is 2. The number of sulfone groups is 1. The molecule has 0 bridgehead atoms. The molecule has 0 saturated heterocycles. The second-order valence-electron chi connectivity index (χ2n) is 6.87. The fraction of sp³-hybridized carbons (Fsp3) is 0.300. The first kappa shape index (κ1) is 21.7. The van der Waals surface area contributed by atoms with Crippen molar-refractivity contribution in [2.45, 2.75) is 41.7 Å². The fourth-order valence-corrected chi connectivity index (χ4v) is 5.39. The normalized spacial score (nSPS) is 15.1. The van der Waals surface area contributed by atoms with Crippen LogP contribution < -0.4 is 10.6 Å². The topological polar surface area (TPSA) is 92.3 Å². The average molecular weight is 453 g/mol. The number of nitrogens with one attached hydrogen (secondary N) is 2. The van der Waals surface area contributed by atoms with Gasteiger partial charge in [0.25, 0.3) is 0 Å². The Morgan fingerprint density at radius 1 is 1.28 bits per heavy atom. The summed E-state index contributed by atoms with van der Waals surface area (Å²) in [5, 5.41) is 5.01. The number of thioether (sulfide) groups is 1. The van der Waals surface area contributed by atoms with Crippen LogP contribution in [-0.2, 0) is 19.4 Å². The Morgan fingerprint density at radius 3 is 2.79 bits per heavy atom. The van der Waals surface area contributed by atoms with Gasteiger partial charge >= 0.3 is 0 Å². The number of fused-ring (bicyclic) bond motifs is 1. The average Bonchev–Trinajstić information content (AvgIpc) is 2.84. The van der Waals surface area contributed by atoms with Crippen molar-refractivity contribution in [1.29, 1.82) is 0 Å². The van der Waals surface area contributed by atoms with Gasteiger partial charge < -0.3 is 10.6 Å². The van der Waals surface area contributed by atoms with Gasteiger partial charge in [-0.15, -0.1) is 11.8 Å². The van der Waals surface area contributed by atoms with Crippen LogP contribution in [-0.4, -0.2) is 31.2 Å². The Labute approximate surface area is 179 Å². The van der Waals surface area contributed by atoms with Crippen molar-refractivity contribution in [2.75, 3.05) is 16.4 Å². The molecule has 1 atom stereocenters. The summed E-state index contributed by atoms with van der Waals surface area (Å²) in [5.41, 5.74) is 1.87. The zero-order valence-electron chi connectivity index (χ0n) is 16.0. The quantitative estimate of drug-likeness (QED) is 0.706. The van der Waals surface area contributed by atoms with Crippen LogP contribution in [0.3, 0.4) is 0 Å². The number of aryl methyl sites for hydroxylation is 1. The Bertz CT molecular complexity index is 1070. The standard InChI is InChI=1S/C20H21ClN2O4S2/c1-12-3-4-14(21)10-16(12)22-20(25)9-13(2)29(26,27)15-5-6-18-17(11-15)23-19(24)7-8-28-18/h3-6,10-11,13H,7-9H2,1-2H3,(H,22,25)(H,23,24)/t13-/m0/s1. The summed E-state index contributed by atoms with van der Waals surface area (Å²) in [4.78, 5) is 25.1. The molecule has 0 unspecified atom stereocenters. The highest BCUT2D eigenvalue weighted by Crippen LogP contribution is 2.33. The molecule has 2 aromatic rings. The molecule has 1 aliphatic rings. The van der Waals surface area contributed by atoms with Gasteiger partial charge in [0.1, 0.15) is 0 Å². The minimum atomic E-state index is -3.75. The van der Waals surface area contributed by atoms with Gasteiger partial charge in [-0.1, -0.05) is 17.7 Å². The molecule has 2 N–H and O–H groups in total. The number of halogens is 1. The summed E-state index contributed by atoms with van der Waals surface area (Å²) in [6, 6.07) is 9.81. The predicted molar refractivity (Wildman–Crippen MR) is 116 cm³/mol. The maximum Gasteiger partial charge on any atom is 0.225 e. The van der Waals surface area contributed by atoms with E-state index in [4.69, 9.17) is 11.6 Å². The van der Waals surface area contributed by atoms with Gasteiger partial charge in [0.05, 0.1) is 15.8 Å². The third-order valence-electron chi connectivity index (χ3n) is 4.62. The first-order chi connectivity index (χ1) is 13.7. The van der Waals surface area contributed by atoms with Crippen LogP contribution in [0.1, 0.15) is 25.3 Å². The molecule has 0 aromatic heterocycles. The second kappa shape index (κ2) is 8.77. The smallest absolute Gasteiger partial charge is 0.225 e. The molecule has 154 valence electrons. The monoisotopic (exact) mass is 452 g/mol. The van der Waals surface area contributed by atoms with E-state index in [1.807, 2.05) is 6.92 Å². The van der Waals surface area contributed by atoms with E-state index in [1.54, 1.807) is 24.3 Å². The Morgan fingerprint density at radius 2 is 2.03 bits per heavy atom. The van der Waals surface area contributed by atoms with Gasteiger partial charge in [-0.25, -0.2) is 8.42 Å². The number of benzene rings is 2. The Kier molecular flexibility index (Phi) is 6.55. The minimum Gasteiger partial charge on any atom is -0.326 e. The molecular weight excluding hydrogens is 432 g/mol. The molecule has 29 heavy (non-hydrogen) atoms. The van der Waals surface area contributed by atoms with Crippen molar-refractivity contribution in [3.05, 3.63) is 47.0 Å². The molecule has 0 saturated carbocycles. The Balaban J connectivity index is 1.76. The maximum atomic E-state index is 13.0. The van der Waals surface area contributed by atoms with E-state index in [1.165, 1.54) is 30.8 Å². The van der Waals surface area contributed by atoms with E-state index < -0.39 is 21.0 Å². The SMILES string of the molecule is Cc1ccc(Cl)cc1NC(=O)C[C@H](C)S(=O)(=O)c1ccc2c(c1)NC(=O)CCS2. The van der Waals surface area contributed by atoms with Crippen LogP contribution in [0, 0.1) is 6.92 Å². The van der Waals surface area contributed by atoms with E-state index in [0.717, 1.165) is 10.5 Å². The molecule has 2 amide bonds. The molecule has 6 nitrogen and oxygen atoms in total. The van der Waals surface area contributed by atoms with Gasteiger partial charge in [-0.05, 0) is 49.7 Å². The van der Waals surface area contributed by atoms with E-state index in [9.17, 15) is 18.0 Å². The summed E-state index contributed by atoms with van der Waals surface area (Å²) in [7, 11) is -3.75. The van der Waals surface area contributed by atoms with Crippen molar-refractivity contribution in [3.63, 3.8) is 0 Å². The third-order valence-corrected chi connectivity index (χ3v) is 8.06. The van der Waals surface area contributed by atoms with E-state index in [-0.39, 0.29) is 17.2 Å². The van der Waals surface area contributed by atoms with Crippen LogP contribution in [0.5, 0.6) is 0 Å². The highest BCUT2D eigenvalue weighted by atomic mass is 35.5. The lowest BCUT2D eigenvalue weighted by Gasteiger charge is -2.15. The van der Waals surface area contributed by atoms with Crippen molar-refractivity contribution in [2.24, 2.45) is 0 Å². The molecule has 0 spiro atoms. The van der Waals surface area contributed by atoms with E-state index >= 15 is 0 Å². The Hall–Kier alpha value is -2.03. The number of carbonyl (C=O) groups excluding carboxylic acids is 2. The van der Waals surface area contributed by atoms with Gasteiger partial charge in [0, 0.05) is 34.2 Å². The summed E-state index contributed by atoms with van der Waals surface area (Å²) >= 11 is 7.46. The first-order valence-electron chi connectivity index (χ1n) is 9.03. The molecule has 9 heteroatoms. The van der Waals surface area contributed by atoms with Crippen LogP contribution in [0.4, 0.5) is 11.4 Å². The molecule has 2 aromatic carbocycles. The van der Waals surface area contributed by atoms with Crippen molar-refractivity contribution < 1.29 is 18.0 Å². The third kappa shape index (κ3) is 5.12. The summed E-state index contributed by atoms with van der Waals surface area (Å²) in [6.07, 6.45) is 0.174. The van der Waals surface area contributed by atoms with Crippen LogP contribution in [0.25, 0.3) is 0 Å². The summed E-state index contributed by atoms with van der Waals surface area (Å²) in [5.74, 6) is 0.0879. The van der Waals surface area contributed by atoms with Crippen LogP contribution >= 0.6 is 23.4 Å². The highest BCUT2D eigenvalue weighted by Gasteiger charge is 2.27. The van der Waals surface area contributed by atoms with Crippen LogP contribution in [0.15, 0.2) is 46.2 Å². The minimum absolute atomic E-state index is 0.0817. The largest absolute Gasteiger partial charge is 0.326 e. The maximum absolute atomic E-state index is 13.0. The second-order valence-corrected chi connectivity index (χ2v) is 10.8. The van der Waals surface area contributed by atoms with Gasteiger partial charge in [-0.2, -0.15) is 0 Å². The molecule has 1 aliphatic heterocycles. The lowest BCUT2D eigenvalue weighted by atomic mass is 10.2. The van der Waals surface area contributed by atoms with E-state index in [2.05, 4.69) is 10.6 Å². The molecule has 0 aliphatic carbocycles. The van der Waals surface area contributed by atoms with Gasteiger partial charge in [0.2, 0.25) is 11.8 Å². The highest BCUT2D eigenvalue weighted by molar-refractivity contribution is 7.99. The molecule has 1 heterocycles. The van der Waals surface area contributed by atoms with Crippen molar-refractivity contribution in [3.8, 4) is 0 Å². The van der Waals surface area contributed by atoms with Gasteiger partial charge in [0.15, 0.2) is 9.84 Å². The number of anilines is 2. The predicted octanol–water partition coefficient (Wildman–Crippen LogP) is 4.27. The number of carbonyl (C=O) groups is 2. The van der Waals surface area contributed by atoms with Crippen molar-refractivity contribution >= 4 is 56.4 Å². The zero-order chi connectivity index (χ0) is 21.2. The lowest BCUT2D eigenvalue weighted by Crippen LogP contribution is -2.25. The summed E-state index contributed by atoms with van der Waals surface area (Å²) < 4.78 is 25.9. The number of rotatable bonds is 5. The number of hydrogen-bond donors (Lipinski definition) is 2. The first-order valence-corrected chi connectivity index (χ1v) is 11.9. The van der Waals surface area contributed by atoms with Gasteiger partial charge in [-0.3, -0.25) is 9.59 Å². The lowest BCUT2D eigenvalue weighted by molar-refractivity contribution is -0.116. The molecule has 0 radical (unpaired) electrons. The van der Waals surface area contributed by atoms with Crippen LogP contribution in [0.2, 0.25) is 5.02 Å².